The predicted molar refractivity (Wildman–Crippen MR) is 101 cm³/mol. The number of aromatic nitrogens is 5. The van der Waals surface area contributed by atoms with Gasteiger partial charge in [0.2, 0.25) is 5.89 Å². The van der Waals surface area contributed by atoms with Crippen molar-refractivity contribution in [3.05, 3.63) is 45.6 Å². The van der Waals surface area contributed by atoms with E-state index in [2.05, 4.69) is 39.0 Å². The van der Waals surface area contributed by atoms with Crippen LogP contribution in [0.4, 0.5) is 0 Å². The van der Waals surface area contributed by atoms with Crippen molar-refractivity contribution in [1.29, 1.82) is 0 Å². The van der Waals surface area contributed by atoms with Gasteiger partial charge in [-0.25, -0.2) is 9.50 Å². The summed E-state index contributed by atoms with van der Waals surface area (Å²) in [6, 6.07) is 3.50. The maximum atomic E-state index is 12.3. The third-order valence-electron chi connectivity index (χ3n) is 4.95. The molecule has 3 aromatic heterocycles. The highest BCUT2D eigenvalue weighted by Gasteiger charge is 2.26. The highest BCUT2D eigenvalue weighted by molar-refractivity contribution is 5.39. The summed E-state index contributed by atoms with van der Waals surface area (Å²) in [7, 11) is 0. The first-order chi connectivity index (χ1) is 13.0. The highest BCUT2D eigenvalue weighted by Crippen LogP contribution is 2.26. The van der Waals surface area contributed by atoms with Crippen LogP contribution < -0.4 is 5.56 Å². The highest BCUT2D eigenvalue weighted by atomic mass is 16.5. The number of hydrogen-bond acceptors (Lipinski definition) is 6. The van der Waals surface area contributed by atoms with E-state index < -0.39 is 0 Å². The van der Waals surface area contributed by atoms with E-state index in [1.807, 2.05) is 13.0 Å². The number of nitrogens with zero attached hydrogens (tertiary/aromatic N) is 5. The summed E-state index contributed by atoms with van der Waals surface area (Å²) in [5, 5.41) is 7.13. The lowest BCUT2D eigenvalue weighted by Crippen LogP contribution is -2.34. The molecule has 8 nitrogen and oxygen atoms in total. The van der Waals surface area contributed by atoms with Gasteiger partial charge in [0, 0.05) is 37.3 Å². The zero-order valence-electron chi connectivity index (χ0n) is 16.1. The third kappa shape index (κ3) is 3.95. The van der Waals surface area contributed by atoms with E-state index >= 15 is 0 Å². The van der Waals surface area contributed by atoms with E-state index in [0.717, 1.165) is 55.5 Å². The van der Waals surface area contributed by atoms with Crippen molar-refractivity contribution >= 4 is 5.65 Å². The fourth-order valence-electron chi connectivity index (χ4n) is 3.75. The number of piperidine rings is 1. The molecule has 27 heavy (non-hydrogen) atoms. The molecule has 0 spiro atoms. The average Bonchev–Trinajstić information content (AvgIpc) is 3.21. The van der Waals surface area contributed by atoms with Crippen molar-refractivity contribution in [1.82, 2.24) is 29.6 Å². The summed E-state index contributed by atoms with van der Waals surface area (Å²) >= 11 is 0. The Kier molecular flexibility index (Phi) is 4.82. The maximum absolute atomic E-state index is 12.3. The molecule has 4 heterocycles. The maximum Gasteiger partial charge on any atom is 0.272 e. The van der Waals surface area contributed by atoms with Gasteiger partial charge in [0.15, 0.2) is 11.5 Å². The molecule has 0 aliphatic carbocycles. The van der Waals surface area contributed by atoms with Gasteiger partial charge in [-0.3, -0.25) is 14.8 Å². The van der Waals surface area contributed by atoms with Crippen LogP contribution in [0.1, 0.15) is 55.7 Å². The molecule has 0 aromatic carbocycles. The fraction of sp³-hybridized carbons (Fsp3) is 0.579. The monoisotopic (exact) mass is 370 g/mol. The van der Waals surface area contributed by atoms with Gasteiger partial charge in [-0.15, -0.1) is 0 Å². The summed E-state index contributed by atoms with van der Waals surface area (Å²) in [6.45, 7) is 8.70. The van der Waals surface area contributed by atoms with Gasteiger partial charge >= 0.3 is 0 Å². The second-order valence-electron chi connectivity index (χ2n) is 7.94. The van der Waals surface area contributed by atoms with E-state index in [-0.39, 0.29) is 11.5 Å². The van der Waals surface area contributed by atoms with Gasteiger partial charge < -0.3 is 4.52 Å². The Morgan fingerprint density at radius 2 is 2.19 bits per heavy atom. The van der Waals surface area contributed by atoms with E-state index in [1.165, 1.54) is 4.52 Å². The number of nitrogens with one attached hydrogen (secondary N) is 1. The number of fused-ring (bicyclic) bond motifs is 1. The summed E-state index contributed by atoms with van der Waals surface area (Å²) in [5.41, 5.74) is 2.31. The molecule has 1 atom stereocenters. The Hall–Kier alpha value is -2.48. The zero-order chi connectivity index (χ0) is 19.0. The lowest BCUT2D eigenvalue weighted by Gasteiger charge is -2.30. The number of aryl methyl sites for hydroxylation is 1. The minimum Gasteiger partial charge on any atom is -0.339 e. The van der Waals surface area contributed by atoms with Crippen LogP contribution in [0.2, 0.25) is 0 Å². The molecule has 1 aliphatic heterocycles. The molecule has 1 aliphatic rings. The second-order valence-corrected chi connectivity index (χ2v) is 7.94. The van der Waals surface area contributed by atoms with Crippen molar-refractivity contribution in [2.75, 3.05) is 13.1 Å². The Labute approximate surface area is 157 Å². The minimum absolute atomic E-state index is 0.0770. The Morgan fingerprint density at radius 3 is 3.00 bits per heavy atom. The summed E-state index contributed by atoms with van der Waals surface area (Å²) in [5.74, 6) is 2.28. The first-order valence-corrected chi connectivity index (χ1v) is 9.61. The molecule has 1 saturated heterocycles. The Bertz CT molecular complexity index is 986. The van der Waals surface area contributed by atoms with Crippen molar-refractivity contribution in [2.24, 2.45) is 5.92 Å². The molecule has 1 N–H and O–H groups in total. The number of hydrogen-bond donors (Lipinski definition) is 1. The molecule has 1 unspecified atom stereocenters. The largest absolute Gasteiger partial charge is 0.339 e. The van der Waals surface area contributed by atoms with Crippen molar-refractivity contribution < 1.29 is 4.52 Å². The van der Waals surface area contributed by atoms with E-state index in [1.54, 1.807) is 6.07 Å². The predicted octanol–water partition coefficient (Wildman–Crippen LogP) is 2.29. The van der Waals surface area contributed by atoms with Gasteiger partial charge in [-0.05, 0) is 32.2 Å². The first-order valence-electron chi connectivity index (χ1n) is 9.61. The lowest BCUT2D eigenvalue weighted by atomic mass is 9.98. The topological polar surface area (TPSA) is 92.3 Å². The molecule has 3 aromatic rings. The van der Waals surface area contributed by atoms with E-state index in [9.17, 15) is 4.79 Å². The second kappa shape index (κ2) is 7.26. The van der Waals surface area contributed by atoms with Crippen LogP contribution in [0.5, 0.6) is 0 Å². The average molecular weight is 370 g/mol. The smallest absolute Gasteiger partial charge is 0.272 e. The summed E-state index contributed by atoms with van der Waals surface area (Å²) in [4.78, 5) is 23.8. The van der Waals surface area contributed by atoms with Crippen molar-refractivity contribution in [3.63, 3.8) is 0 Å². The number of H-pyrrole nitrogens is 1. The molecule has 0 amide bonds. The number of likely N-dealkylation sites (tertiary alicyclic amines) is 1. The number of aromatic amines is 1. The van der Waals surface area contributed by atoms with Crippen molar-refractivity contribution in [3.8, 4) is 0 Å². The molecule has 0 radical (unpaired) electrons. The van der Waals surface area contributed by atoms with Crippen LogP contribution in [-0.4, -0.2) is 42.7 Å². The van der Waals surface area contributed by atoms with Gasteiger partial charge in [-0.1, -0.05) is 19.0 Å². The quantitative estimate of drug-likeness (QED) is 0.741. The molecule has 0 saturated carbocycles. The Morgan fingerprint density at radius 1 is 1.33 bits per heavy atom. The fourth-order valence-corrected chi connectivity index (χ4v) is 3.75. The van der Waals surface area contributed by atoms with Crippen LogP contribution >= 0.6 is 0 Å². The Balaban J connectivity index is 1.47. The van der Waals surface area contributed by atoms with E-state index in [4.69, 9.17) is 4.52 Å². The molecule has 0 bridgehead atoms. The van der Waals surface area contributed by atoms with Gasteiger partial charge in [0.05, 0.1) is 11.6 Å². The van der Waals surface area contributed by atoms with Crippen LogP contribution in [0.25, 0.3) is 5.65 Å². The zero-order valence-corrected chi connectivity index (χ0v) is 16.1. The van der Waals surface area contributed by atoms with Crippen LogP contribution in [0, 0.1) is 12.8 Å². The summed E-state index contributed by atoms with van der Waals surface area (Å²) < 4.78 is 7.00. The minimum atomic E-state index is -0.0770. The molecular formula is C19H26N6O2. The number of rotatable bonds is 5. The lowest BCUT2D eigenvalue weighted by molar-refractivity contribution is 0.178. The SMILES string of the molecule is Cc1cc2nc(CN3CCCC(c4nc(CC(C)C)no4)C3)cc(=O)n2[nH]1. The summed E-state index contributed by atoms with van der Waals surface area (Å²) in [6.07, 6.45) is 2.95. The molecule has 1 fully saturated rings. The van der Waals surface area contributed by atoms with Crippen LogP contribution in [0.3, 0.4) is 0 Å². The van der Waals surface area contributed by atoms with Crippen LogP contribution in [0.15, 0.2) is 21.5 Å². The van der Waals surface area contributed by atoms with Gasteiger partial charge in [0.25, 0.3) is 5.56 Å². The molecule has 4 rings (SSSR count). The van der Waals surface area contributed by atoms with Crippen LogP contribution in [-0.2, 0) is 13.0 Å². The van der Waals surface area contributed by atoms with Gasteiger partial charge in [0.1, 0.15) is 0 Å². The van der Waals surface area contributed by atoms with E-state index in [0.29, 0.717) is 18.1 Å². The molecular weight excluding hydrogens is 344 g/mol. The normalized spacial score (nSPS) is 18.6. The standard InChI is InChI=1S/C19H26N6O2/c1-12(2)7-16-21-19(27-23-16)14-5-4-6-24(10-14)11-15-9-18(26)25-17(20-15)8-13(3)22-25/h8-9,12,14,22H,4-7,10-11H2,1-3H3. The van der Waals surface area contributed by atoms with Gasteiger partial charge in [-0.2, -0.15) is 4.98 Å². The third-order valence-corrected chi connectivity index (χ3v) is 4.95. The molecule has 8 heteroatoms. The molecule has 144 valence electrons. The first kappa shape index (κ1) is 17.9. The van der Waals surface area contributed by atoms with Crippen molar-refractivity contribution in [2.45, 2.75) is 52.5 Å².